The summed E-state index contributed by atoms with van der Waals surface area (Å²) in [6.07, 6.45) is 6.04. The second-order valence-corrected chi connectivity index (χ2v) is 10.8. The lowest BCUT2D eigenvalue weighted by molar-refractivity contribution is -0.138. The van der Waals surface area contributed by atoms with Gasteiger partial charge in [0, 0.05) is 15.2 Å². The van der Waals surface area contributed by atoms with E-state index in [9.17, 15) is 14.0 Å². The number of aromatic amines is 1. The van der Waals surface area contributed by atoms with E-state index in [1.165, 1.54) is 18.6 Å². The van der Waals surface area contributed by atoms with Crippen LogP contribution in [0.5, 0.6) is 0 Å². The van der Waals surface area contributed by atoms with Crippen LogP contribution in [0.3, 0.4) is 0 Å². The van der Waals surface area contributed by atoms with E-state index in [-0.39, 0.29) is 22.5 Å². The fraction of sp³-hybridized carbons (Fsp3) is 0.545. The first-order chi connectivity index (χ1) is 13.8. The molecule has 29 heavy (non-hydrogen) atoms. The van der Waals surface area contributed by atoms with Gasteiger partial charge >= 0.3 is 5.97 Å². The van der Waals surface area contributed by atoms with Crippen molar-refractivity contribution in [1.29, 1.82) is 0 Å². The average molecular weight is 463 g/mol. The minimum atomic E-state index is -0.554. The van der Waals surface area contributed by atoms with Crippen LogP contribution in [0.4, 0.5) is 10.1 Å². The van der Waals surface area contributed by atoms with Gasteiger partial charge in [-0.2, -0.15) is 0 Å². The molecule has 6 rings (SSSR count). The zero-order chi connectivity index (χ0) is 20.4. The lowest BCUT2D eigenvalue weighted by atomic mass is 9.49. The van der Waals surface area contributed by atoms with Crippen molar-refractivity contribution < 1.29 is 18.7 Å². The Morgan fingerprint density at radius 3 is 2.66 bits per heavy atom. The SMILES string of the molecule is CCOC(=O)c1[nH]c2ccc(F)cc2c1NC(=O)C12CC3CC(CC(Br)(C3)C1)C2. The van der Waals surface area contributed by atoms with Crippen LogP contribution in [0, 0.1) is 23.1 Å². The Hall–Kier alpha value is -1.89. The quantitative estimate of drug-likeness (QED) is 0.486. The van der Waals surface area contributed by atoms with E-state index in [0.29, 0.717) is 28.4 Å². The van der Waals surface area contributed by atoms with Gasteiger partial charge in [-0.1, -0.05) is 15.9 Å². The highest BCUT2D eigenvalue weighted by molar-refractivity contribution is 9.10. The number of rotatable bonds is 4. The van der Waals surface area contributed by atoms with E-state index in [1.54, 1.807) is 13.0 Å². The summed E-state index contributed by atoms with van der Waals surface area (Å²) in [6.45, 7) is 1.94. The number of aromatic nitrogens is 1. The van der Waals surface area contributed by atoms with Crippen molar-refractivity contribution in [3.8, 4) is 0 Å². The molecule has 4 aliphatic carbocycles. The lowest BCUT2D eigenvalue weighted by Crippen LogP contribution is -2.57. The highest BCUT2D eigenvalue weighted by Crippen LogP contribution is 2.64. The summed E-state index contributed by atoms with van der Waals surface area (Å²) in [5, 5.41) is 3.50. The van der Waals surface area contributed by atoms with Gasteiger partial charge in [-0.25, -0.2) is 9.18 Å². The Bertz CT molecular complexity index is 1000. The van der Waals surface area contributed by atoms with Crippen molar-refractivity contribution >= 4 is 44.4 Å². The lowest BCUT2D eigenvalue weighted by Gasteiger charge is -2.59. The molecule has 0 saturated heterocycles. The number of esters is 1. The molecule has 4 saturated carbocycles. The Morgan fingerprint density at radius 2 is 2.00 bits per heavy atom. The number of hydrogen-bond donors (Lipinski definition) is 2. The number of nitrogens with one attached hydrogen (secondary N) is 2. The van der Waals surface area contributed by atoms with E-state index in [0.717, 1.165) is 32.1 Å². The van der Waals surface area contributed by atoms with Crippen LogP contribution in [0.1, 0.15) is 55.9 Å². The summed E-state index contributed by atoms with van der Waals surface area (Å²) in [5.74, 6) is 0.0854. The number of carbonyl (C=O) groups is 2. The smallest absolute Gasteiger partial charge is 0.356 e. The minimum Gasteiger partial charge on any atom is -0.461 e. The van der Waals surface area contributed by atoms with Crippen molar-refractivity contribution in [3.05, 3.63) is 29.7 Å². The van der Waals surface area contributed by atoms with E-state index in [1.807, 2.05) is 0 Å². The van der Waals surface area contributed by atoms with Crippen molar-refractivity contribution in [3.63, 3.8) is 0 Å². The van der Waals surface area contributed by atoms with E-state index in [4.69, 9.17) is 4.74 Å². The fourth-order valence-corrected chi connectivity index (χ4v) is 7.77. The predicted molar refractivity (Wildman–Crippen MR) is 112 cm³/mol. The summed E-state index contributed by atoms with van der Waals surface area (Å²) < 4.78 is 19.1. The molecular formula is C22H24BrFN2O3. The third kappa shape index (κ3) is 3.09. The number of carbonyl (C=O) groups excluding carboxylic acids is 2. The second-order valence-electron chi connectivity index (χ2n) is 9.13. The van der Waals surface area contributed by atoms with E-state index < -0.39 is 17.2 Å². The fourth-order valence-electron chi connectivity index (χ4n) is 6.31. The molecule has 2 unspecified atom stereocenters. The largest absolute Gasteiger partial charge is 0.461 e. The van der Waals surface area contributed by atoms with Crippen LogP contribution >= 0.6 is 15.9 Å². The zero-order valence-corrected chi connectivity index (χ0v) is 17.9. The molecule has 7 heteroatoms. The van der Waals surface area contributed by atoms with Crippen molar-refractivity contribution in [2.24, 2.45) is 17.3 Å². The zero-order valence-electron chi connectivity index (χ0n) is 16.3. The molecule has 0 spiro atoms. The highest BCUT2D eigenvalue weighted by Gasteiger charge is 2.59. The van der Waals surface area contributed by atoms with Crippen molar-refractivity contribution in [2.45, 2.75) is 49.8 Å². The van der Waals surface area contributed by atoms with Crippen molar-refractivity contribution in [1.82, 2.24) is 4.98 Å². The van der Waals surface area contributed by atoms with Gasteiger partial charge in [0.2, 0.25) is 5.91 Å². The molecule has 4 fully saturated rings. The molecule has 5 nitrogen and oxygen atoms in total. The van der Waals surface area contributed by atoms with Gasteiger partial charge in [0.05, 0.1) is 17.7 Å². The molecule has 4 bridgehead atoms. The summed E-state index contributed by atoms with van der Waals surface area (Å²) in [5.41, 5.74) is 0.643. The van der Waals surface area contributed by atoms with Crippen LogP contribution in [-0.4, -0.2) is 27.8 Å². The number of fused-ring (bicyclic) bond motifs is 1. The van der Waals surface area contributed by atoms with Gasteiger partial charge in [0.1, 0.15) is 11.5 Å². The summed E-state index contributed by atoms with van der Waals surface area (Å²) >= 11 is 3.94. The third-order valence-corrected chi connectivity index (χ3v) is 7.88. The molecule has 1 aromatic heterocycles. The minimum absolute atomic E-state index is 0.0463. The molecule has 2 aromatic rings. The number of hydrogen-bond acceptors (Lipinski definition) is 3. The number of amides is 1. The van der Waals surface area contributed by atoms with Crippen LogP contribution in [0.2, 0.25) is 0 Å². The first kappa shape index (κ1) is 19.1. The Labute approximate surface area is 176 Å². The third-order valence-electron chi connectivity index (χ3n) is 6.95. The molecule has 1 heterocycles. The topological polar surface area (TPSA) is 71.2 Å². The van der Waals surface area contributed by atoms with Gasteiger partial charge in [0.25, 0.3) is 0 Å². The number of benzene rings is 1. The number of H-pyrrole nitrogens is 1. The standard InChI is InChI=1S/C22H24BrFN2O3/c1-2-29-19(27)18-17(15-6-14(24)3-4-16(15)25-18)26-20(28)21-7-12-5-13(8-21)10-22(23,9-12)11-21/h3-4,6,12-13,25H,2,5,7-11H2,1H3,(H,26,28). The van der Waals surface area contributed by atoms with Crippen LogP contribution in [-0.2, 0) is 9.53 Å². The van der Waals surface area contributed by atoms with Crippen LogP contribution < -0.4 is 5.32 Å². The Balaban J connectivity index is 1.53. The maximum absolute atomic E-state index is 13.9. The number of ether oxygens (including phenoxy) is 1. The van der Waals surface area contributed by atoms with E-state index in [2.05, 4.69) is 26.2 Å². The molecule has 0 aliphatic heterocycles. The molecule has 2 N–H and O–H groups in total. The maximum atomic E-state index is 13.9. The van der Waals surface area contributed by atoms with Crippen molar-refractivity contribution in [2.75, 3.05) is 11.9 Å². The summed E-state index contributed by atoms with van der Waals surface area (Å²) in [7, 11) is 0. The summed E-state index contributed by atoms with van der Waals surface area (Å²) in [6, 6.07) is 4.24. The first-order valence-corrected chi connectivity index (χ1v) is 11.1. The maximum Gasteiger partial charge on any atom is 0.356 e. The summed E-state index contributed by atoms with van der Waals surface area (Å²) in [4.78, 5) is 29.1. The molecule has 4 aliphatic rings. The Kier molecular flexibility index (Phi) is 4.32. The predicted octanol–water partition coefficient (Wildman–Crippen LogP) is 5.16. The first-order valence-electron chi connectivity index (χ1n) is 10.3. The molecule has 154 valence electrons. The molecule has 1 aromatic carbocycles. The molecule has 2 atom stereocenters. The number of anilines is 1. The normalized spacial score (nSPS) is 32.5. The molecule has 1 amide bonds. The van der Waals surface area contributed by atoms with Gasteiger partial charge < -0.3 is 15.0 Å². The van der Waals surface area contributed by atoms with Gasteiger partial charge in [-0.05, 0) is 75.5 Å². The van der Waals surface area contributed by atoms with E-state index >= 15 is 0 Å². The second kappa shape index (κ2) is 6.56. The van der Waals surface area contributed by atoms with Crippen LogP contribution in [0.25, 0.3) is 10.9 Å². The Morgan fingerprint density at radius 1 is 1.28 bits per heavy atom. The highest BCUT2D eigenvalue weighted by atomic mass is 79.9. The van der Waals surface area contributed by atoms with Gasteiger partial charge in [-0.3, -0.25) is 4.79 Å². The van der Waals surface area contributed by atoms with Gasteiger partial charge in [-0.15, -0.1) is 0 Å². The monoisotopic (exact) mass is 462 g/mol. The number of alkyl halides is 1. The molecular weight excluding hydrogens is 439 g/mol. The average Bonchev–Trinajstić information content (AvgIpc) is 2.98. The number of halogens is 2. The van der Waals surface area contributed by atoms with Crippen LogP contribution in [0.15, 0.2) is 18.2 Å². The van der Waals surface area contributed by atoms with Gasteiger partial charge in [0.15, 0.2) is 0 Å². The molecule has 0 radical (unpaired) electrons.